The summed E-state index contributed by atoms with van der Waals surface area (Å²) in [6.07, 6.45) is 1.56. The van der Waals surface area contributed by atoms with E-state index in [4.69, 9.17) is 5.10 Å². The molecule has 2 atom stereocenters. The summed E-state index contributed by atoms with van der Waals surface area (Å²) in [6, 6.07) is 1.52. The maximum atomic E-state index is 13.7. The second-order valence-electron chi connectivity index (χ2n) is 9.23. The Hall–Kier alpha value is -2.75. The van der Waals surface area contributed by atoms with Crippen molar-refractivity contribution in [2.45, 2.75) is 70.6 Å². The van der Waals surface area contributed by atoms with E-state index < -0.39 is 6.43 Å². The highest BCUT2D eigenvalue weighted by Crippen LogP contribution is 2.41. The molecule has 1 fully saturated rings. The Balaban J connectivity index is 1.61. The van der Waals surface area contributed by atoms with Gasteiger partial charge in [0.2, 0.25) is 0 Å². The van der Waals surface area contributed by atoms with Crippen LogP contribution in [-0.2, 0) is 19.4 Å². The number of rotatable bonds is 3. The number of aryl methyl sites for hydroxylation is 2. The second-order valence-corrected chi connectivity index (χ2v) is 9.23. The van der Waals surface area contributed by atoms with Crippen LogP contribution in [0.2, 0.25) is 0 Å². The zero-order chi connectivity index (χ0) is 23.3. The van der Waals surface area contributed by atoms with Crippen molar-refractivity contribution in [2.24, 2.45) is 0 Å². The van der Waals surface area contributed by atoms with Crippen LogP contribution in [0.4, 0.5) is 25.1 Å². The lowest BCUT2D eigenvalue weighted by Crippen LogP contribution is -2.42. The number of anilines is 2. The van der Waals surface area contributed by atoms with E-state index in [0.29, 0.717) is 49.7 Å². The Kier molecular flexibility index (Phi) is 5.72. The lowest BCUT2D eigenvalue weighted by molar-refractivity contribution is 0.150. The van der Waals surface area contributed by atoms with E-state index in [1.54, 1.807) is 24.9 Å². The van der Waals surface area contributed by atoms with Gasteiger partial charge in [-0.1, -0.05) is 0 Å². The van der Waals surface area contributed by atoms with Crippen molar-refractivity contribution < 1.29 is 18.7 Å². The fraction of sp³-hybridized carbons (Fsp3) is 0.609. The zero-order valence-electron chi connectivity index (χ0n) is 19.0. The first-order valence-electron chi connectivity index (χ1n) is 11.7. The average Bonchev–Trinajstić information content (AvgIpc) is 3.40. The minimum atomic E-state index is -2.60. The molecule has 1 aliphatic carbocycles. The fourth-order valence-electron chi connectivity index (χ4n) is 5.48. The number of fused-ring (bicyclic) bond motifs is 2. The van der Waals surface area contributed by atoms with Gasteiger partial charge in [-0.3, -0.25) is 9.67 Å². The third-order valence-electron chi connectivity index (χ3n) is 7.17. The molecule has 2 aliphatic heterocycles. The largest absolute Gasteiger partial charge is 0.393 e. The van der Waals surface area contributed by atoms with Gasteiger partial charge >= 0.3 is 6.03 Å². The number of pyridine rings is 1. The van der Waals surface area contributed by atoms with Crippen LogP contribution >= 0.6 is 0 Å². The monoisotopic (exact) mass is 460 g/mol. The molecule has 4 heterocycles. The number of hydrogen-bond donors (Lipinski definition) is 2. The molecule has 3 aliphatic rings. The summed E-state index contributed by atoms with van der Waals surface area (Å²) < 4.78 is 29.4. The van der Waals surface area contributed by atoms with E-state index in [1.165, 1.54) is 0 Å². The van der Waals surface area contributed by atoms with Gasteiger partial charge in [-0.15, -0.1) is 0 Å². The molecule has 0 radical (unpaired) electrons. The minimum Gasteiger partial charge on any atom is -0.393 e. The number of nitrogens with one attached hydrogen (secondary N) is 1. The van der Waals surface area contributed by atoms with Crippen LogP contribution in [0.3, 0.4) is 0 Å². The molecule has 33 heavy (non-hydrogen) atoms. The van der Waals surface area contributed by atoms with Gasteiger partial charge in [-0.2, -0.15) is 5.10 Å². The molecule has 0 aromatic carbocycles. The molecule has 178 valence electrons. The van der Waals surface area contributed by atoms with Crippen LogP contribution < -0.4 is 10.2 Å². The molecule has 0 bridgehead atoms. The molecule has 2 unspecified atom stereocenters. The molecule has 2 N–H and O–H groups in total. The average molecular weight is 461 g/mol. The highest BCUT2D eigenvalue weighted by atomic mass is 19.3. The molecular formula is C23H30F2N6O2. The van der Waals surface area contributed by atoms with Crippen LogP contribution in [0, 0.1) is 6.92 Å². The first-order valence-corrected chi connectivity index (χ1v) is 11.7. The molecule has 8 nitrogen and oxygen atoms in total. The predicted octanol–water partition coefficient (Wildman–Crippen LogP) is 3.39. The third kappa shape index (κ3) is 3.84. The summed E-state index contributed by atoms with van der Waals surface area (Å²) in [4.78, 5) is 20.6. The van der Waals surface area contributed by atoms with Crippen molar-refractivity contribution in [1.29, 1.82) is 0 Å². The summed E-state index contributed by atoms with van der Waals surface area (Å²) in [6.45, 7) is 3.27. The van der Waals surface area contributed by atoms with E-state index in [9.17, 15) is 18.7 Å². The highest BCUT2D eigenvalue weighted by molar-refractivity contribution is 5.75. The smallest absolute Gasteiger partial charge is 0.317 e. The van der Waals surface area contributed by atoms with Crippen LogP contribution in [0.15, 0.2) is 6.07 Å². The summed E-state index contributed by atoms with van der Waals surface area (Å²) in [7, 11) is 1.61. The number of carbonyl (C=O) groups excluding carboxylic acids is 1. The Bertz CT molecular complexity index is 1070. The Labute approximate surface area is 191 Å². The second kappa shape index (κ2) is 8.55. The SMILES string of the molecule is CNC(=O)N1CCc2c(c(N3CCCc4nc(C)c(C(F)F)cc43)nn2C2CCC(O)C2)C1. The molecule has 2 amide bonds. The number of carbonyl (C=O) groups is 1. The molecule has 2 aromatic rings. The van der Waals surface area contributed by atoms with Gasteiger partial charge in [0, 0.05) is 49.1 Å². The summed E-state index contributed by atoms with van der Waals surface area (Å²) in [5.41, 5.74) is 3.83. The number of aromatic nitrogens is 3. The van der Waals surface area contributed by atoms with Crippen molar-refractivity contribution in [3.8, 4) is 0 Å². The van der Waals surface area contributed by atoms with E-state index in [0.717, 1.165) is 42.6 Å². The molecule has 0 spiro atoms. The normalized spacial score (nSPS) is 22.5. The molecule has 1 saturated carbocycles. The van der Waals surface area contributed by atoms with E-state index >= 15 is 0 Å². The minimum absolute atomic E-state index is 0.0557. The lowest BCUT2D eigenvalue weighted by atomic mass is 10.0. The van der Waals surface area contributed by atoms with E-state index in [1.807, 2.05) is 9.58 Å². The van der Waals surface area contributed by atoms with Crippen molar-refractivity contribution >= 4 is 17.5 Å². The van der Waals surface area contributed by atoms with Gasteiger partial charge in [0.25, 0.3) is 6.43 Å². The fourth-order valence-corrected chi connectivity index (χ4v) is 5.48. The van der Waals surface area contributed by atoms with Gasteiger partial charge in [0.1, 0.15) is 0 Å². The maximum absolute atomic E-state index is 13.7. The van der Waals surface area contributed by atoms with Gasteiger partial charge in [-0.25, -0.2) is 13.6 Å². The van der Waals surface area contributed by atoms with Crippen molar-refractivity contribution in [2.75, 3.05) is 25.0 Å². The van der Waals surface area contributed by atoms with Crippen molar-refractivity contribution in [3.05, 3.63) is 34.3 Å². The number of urea groups is 1. The standard InChI is InChI=1S/C23H30F2N6O2/c1-13-16(21(24)25)11-20-18(27-13)4-3-8-30(20)22-17-12-29(23(33)26-2)9-7-19(17)31(28-22)14-5-6-15(32)10-14/h11,14-15,21,32H,3-10,12H2,1-2H3,(H,26,33). The van der Waals surface area contributed by atoms with E-state index in [-0.39, 0.29) is 23.7 Å². The third-order valence-corrected chi connectivity index (χ3v) is 7.17. The number of aliphatic hydroxyl groups is 1. The summed E-state index contributed by atoms with van der Waals surface area (Å²) in [5, 5.41) is 17.8. The van der Waals surface area contributed by atoms with Gasteiger partial charge in [0.15, 0.2) is 5.82 Å². The maximum Gasteiger partial charge on any atom is 0.317 e. The quantitative estimate of drug-likeness (QED) is 0.733. The van der Waals surface area contributed by atoms with Gasteiger partial charge < -0.3 is 20.2 Å². The Morgan fingerprint density at radius 3 is 2.79 bits per heavy atom. The van der Waals surface area contributed by atoms with Gasteiger partial charge in [-0.05, 0) is 45.1 Å². The van der Waals surface area contributed by atoms with E-state index in [2.05, 4.69) is 10.3 Å². The van der Waals surface area contributed by atoms with Gasteiger partial charge in [0.05, 0.1) is 30.1 Å². The molecule has 2 aromatic heterocycles. The van der Waals surface area contributed by atoms with Crippen LogP contribution in [0.5, 0.6) is 0 Å². The van der Waals surface area contributed by atoms with Crippen LogP contribution in [0.1, 0.15) is 66.4 Å². The number of aliphatic hydroxyl groups excluding tert-OH is 1. The first-order chi connectivity index (χ1) is 15.9. The van der Waals surface area contributed by atoms with Crippen LogP contribution in [0.25, 0.3) is 0 Å². The van der Waals surface area contributed by atoms with Crippen LogP contribution in [-0.4, -0.2) is 57.0 Å². The highest BCUT2D eigenvalue weighted by Gasteiger charge is 2.35. The number of alkyl halides is 2. The molecule has 0 saturated heterocycles. The summed E-state index contributed by atoms with van der Waals surface area (Å²) in [5.74, 6) is 0.715. The number of hydrogen-bond acceptors (Lipinski definition) is 5. The lowest BCUT2D eigenvalue weighted by Gasteiger charge is -2.32. The topological polar surface area (TPSA) is 86.5 Å². The Morgan fingerprint density at radius 2 is 2.09 bits per heavy atom. The first kappa shape index (κ1) is 22.1. The molecule has 10 heteroatoms. The zero-order valence-corrected chi connectivity index (χ0v) is 19.0. The Morgan fingerprint density at radius 1 is 1.27 bits per heavy atom. The predicted molar refractivity (Wildman–Crippen MR) is 119 cm³/mol. The number of amides is 2. The number of nitrogens with zero attached hydrogens (tertiary/aromatic N) is 5. The summed E-state index contributed by atoms with van der Waals surface area (Å²) >= 11 is 0. The van der Waals surface area contributed by atoms with Crippen molar-refractivity contribution in [1.82, 2.24) is 25.0 Å². The number of halogens is 2. The van der Waals surface area contributed by atoms with Crippen molar-refractivity contribution in [3.63, 3.8) is 0 Å². The molecule has 5 rings (SSSR count). The molecular weight excluding hydrogens is 430 g/mol.